The zero-order chi connectivity index (χ0) is 18.9. The van der Waals surface area contributed by atoms with E-state index in [1.54, 1.807) is 13.8 Å². The number of rotatable bonds is 10. The molecule has 0 saturated heterocycles. The lowest BCUT2D eigenvalue weighted by Gasteiger charge is -2.19. The molecule has 11 nitrogen and oxygen atoms in total. The maximum absolute atomic E-state index is 11.8. The zero-order valence-electron chi connectivity index (χ0n) is 13.5. The molecule has 138 valence electrons. The van der Waals surface area contributed by atoms with Crippen molar-refractivity contribution in [1.82, 2.24) is 16.0 Å². The molecule has 0 fully saturated rings. The normalized spacial score (nSPS) is 14.4. The summed E-state index contributed by atoms with van der Waals surface area (Å²) in [6, 6.07) is -3.79. The summed E-state index contributed by atoms with van der Waals surface area (Å²) in [6.07, 6.45) is 0. The van der Waals surface area contributed by atoms with E-state index in [1.165, 1.54) is 0 Å². The highest BCUT2D eigenvalue weighted by Gasteiger charge is 2.26. The molecule has 0 aromatic rings. The van der Waals surface area contributed by atoms with Crippen molar-refractivity contribution in [2.75, 3.05) is 19.8 Å². The number of aliphatic hydroxyl groups excluding tert-OH is 2. The first-order chi connectivity index (χ1) is 11.1. The molecule has 11 heteroatoms. The molecule has 0 radical (unpaired) electrons. The Bertz CT molecular complexity index is 469. The van der Waals surface area contributed by atoms with Gasteiger partial charge in [0, 0.05) is 0 Å². The van der Waals surface area contributed by atoms with Crippen LogP contribution in [0.1, 0.15) is 13.8 Å². The van der Waals surface area contributed by atoms with Crippen LogP contribution in [0.15, 0.2) is 0 Å². The van der Waals surface area contributed by atoms with Crippen molar-refractivity contribution in [3.05, 3.63) is 0 Å². The number of carboxylic acids is 1. The van der Waals surface area contributed by atoms with E-state index in [4.69, 9.17) is 21.1 Å². The number of carbonyl (C=O) groups is 4. The van der Waals surface area contributed by atoms with Crippen molar-refractivity contribution in [2.45, 2.75) is 32.0 Å². The lowest BCUT2D eigenvalue weighted by atomic mass is 10.1. The Balaban J connectivity index is 4.50. The minimum absolute atomic E-state index is 0.129. The van der Waals surface area contributed by atoms with Gasteiger partial charge in [-0.05, 0) is 5.92 Å². The summed E-state index contributed by atoms with van der Waals surface area (Å²) in [6.45, 7) is 1.35. The first-order valence-electron chi connectivity index (χ1n) is 7.21. The molecule has 1 unspecified atom stereocenters. The number of carboxylic acid groups (broad SMARTS) is 1. The Labute approximate surface area is 138 Å². The molecule has 0 rings (SSSR count). The minimum Gasteiger partial charge on any atom is -0.480 e. The van der Waals surface area contributed by atoms with Crippen LogP contribution in [-0.4, -0.2) is 76.9 Å². The van der Waals surface area contributed by atoms with E-state index in [-0.39, 0.29) is 5.92 Å². The molecule has 0 spiro atoms. The second-order valence-electron chi connectivity index (χ2n) is 5.37. The highest BCUT2D eigenvalue weighted by molar-refractivity contribution is 5.92. The number of aliphatic carboxylic acids is 1. The van der Waals surface area contributed by atoms with Gasteiger partial charge in [-0.2, -0.15) is 0 Å². The van der Waals surface area contributed by atoms with Crippen molar-refractivity contribution >= 4 is 23.7 Å². The molecule has 0 aliphatic rings. The topological polar surface area (TPSA) is 191 Å². The molecule has 0 aromatic heterocycles. The van der Waals surface area contributed by atoms with Crippen molar-refractivity contribution < 1.29 is 34.5 Å². The van der Waals surface area contributed by atoms with E-state index >= 15 is 0 Å². The molecule has 0 aliphatic carbocycles. The first kappa shape index (κ1) is 21.8. The quantitative estimate of drug-likeness (QED) is 0.208. The minimum atomic E-state index is -1.56. The molecule has 0 heterocycles. The standard InChI is InChI=1S/C13H24N4O7/c1-6(2)10(14)12(22)15-3-9(20)16-7(4-18)11(21)17-8(5-19)13(23)24/h6-8,10,18-19H,3-5,14H2,1-2H3,(H,15,22)(H,16,20)(H,17,21)(H,23,24)/t7-,8-,10?/m0/s1. The van der Waals surface area contributed by atoms with Crippen molar-refractivity contribution in [2.24, 2.45) is 11.7 Å². The van der Waals surface area contributed by atoms with Crippen LogP contribution >= 0.6 is 0 Å². The number of hydrogen-bond donors (Lipinski definition) is 7. The summed E-state index contributed by atoms with van der Waals surface area (Å²) in [4.78, 5) is 45.7. The highest BCUT2D eigenvalue weighted by atomic mass is 16.4. The van der Waals surface area contributed by atoms with E-state index < -0.39 is 61.6 Å². The third-order valence-electron chi connectivity index (χ3n) is 3.08. The number of hydrogen-bond acceptors (Lipinski definition) is 7. The third kappa shape index (κ3) is 7.35. The van der Waals surface area contributed by atoms with Crippen molar-refractivity contribution in [1.29, 1.82) is 0 Å². The summed E-state index contributed by atoms with van der Waals surface area (Å²) >= 11 is 0. The van der Waals surface area contributed by atoms with Gasteiger partial charge >= 0.3 is 5.97 Å². The maximum Gasteiger partial charge on any atom is 0.328 e. The fraction of sp³-hybridized carbons (Fsp3) is 0.692. The van der Waals surface area contributed by atoms with Crippen LogP contribution in [-0.2, 0) is 19.2 Å². The smallest absolute Gasteiger partial charge is 0.328 e. The lowest BCUT2D eigenvalue weighted by molar-refractivity contribution is -0.143. The number of amides is 3. The van der Waals surface area contributed by atoms with Crippen LogP contribution in [0.5, 0.6) is 0 Å². The van der Waals surface area contributed by atoms with Gasteiger partial charge in [-0.3, -0.25) is 14.4 Å². The van der Waals surface area contributed by atoms with Gasteiger partial charge in [0.15, 0.2) is 0 Å². The Kier molecular flexibility index (Phi) is 9.54. The van der Waals surface area contributed by atoms with Gasteiger partial charge in [-0.25, -0.2) is 4.79 Å². The van der Waals surface area contributed by atoms with Gasteiger partial charge in [0.05, 0.1) is 25.8 Å². The molecule has 24 heavy (non-hydrogen) atoms. The Hall–Kier alpha value is -2.24. The monoisotopic (exact) mass is 348 g/mol. The lowest BCUT2D eigenvalue weighted by Crippen LogP contribution is -2.55. The molecule has 0 saturated carbocycles. The zero-order valence-corrected chi connectivity index (χ0v) is 13.5. The van der Waals surface area contributed by atoms with Crippen LogP contribution < -0.4 is 21.7 Å². The molecular weight excluding hydrogens is 324 g/mol. The van der Waals surface area contributed by atoms with Crippen LogP contribution in [0.3, 0.4) is 0 Å². The summed E-state index contributed by atoms with van der Waals surface area (Å²) in [7, 11) is 0. The second kappa shape index (κ2) is 10.5. The number of nitrogens with one attached hydrogen (secondary N) is 3. The predicted molar refractivity (Wildman–Crippen MR) is 81.5 cm³/mol. The van der Waals surface area contributed by atoms with Gasteiger partial charge < -0.3 is 37.0 Å². The molecule has 0 aliphatic heterocycles. The van der Waals surface area contributed by atoms with Crippen LogP contribution in [0.4, 0.5) is 0 Å². The summed E-state index contributed by atoms with van der Waals surface area (Å²) in [5.41, 5.74) is 5.59. The number of nitrogens with two attached hydrogens (primary N) is 1. The Morgan fingerprint density at radius 3 is 1.92 bits per heavy atom. The second-order valence-corrected chi connectivity index (χ2v) is 5.37. The maximum atomic E-state index is 11.8. The average Bonchev–Trinajstić information content (AvgIpc) is 2.53. The van der Waals surface area contributed by atoms with Crippen molar-refractivity contribution in [3.8, 4) is 0 Å². The number of aliphatic hydroxyl groups is 2. The molecule has 8 N–H and O–H groups in total. The van der Waals surface area contributed by atoms with Gasteiger partial charge in [0.2, 0.25) is 17.7 Å². The Morgan fingerprint density at radius 1 is 0.958 bits per heavy atom. The van der Waals surface area contributed by atoms with Gasteiger partial charge in [0.1, 0.15) is 12.1 Å². The van der Waals surface area contributed by atoms with E-state index in [0.29, 0.717) is 0 Å². The Morgan fingerprint density at radius 2 is 1.50 bits per heavy atom. The summed E-state index contributed by atoms with van der Waals surface area (Å²) in [5.74, 6) is -3.91. The molecule has 0 aromatic carbocycles. The van der Waals surface area contributed by atoms with Gasteiger partial charge in [-0.15, -0.1) is 0 Å². The van der Waals surface area contributed by atoms with E-state index in [0.717, 1.165) is 0 Å². The van der Waals surface area contributed by atoms with E-state index in [9.17, 15) is 19.2 Å². The van der Waals surface area contributed by atoms with Gasteiger partial charge in [0.25, 0.3) is 0 Å². The van der Waals surface area contributed by atoms with Gasteiger partial charge in [-0.1, -0.05) is 13.8 Å². The van der Waals surface area contributed by atoms with Crippen LogP contribution in [0, 0.1) is 5.92 Å². The molecule has 3 amide bonds. The summed E-state index contributed by atoms with van der Waals surface area (Å²) < 4.78 is 0. The fourth-order valence-electron chi connectivity index (χ4n) is 1.49. The first-order valence-corrected chi connectivity index (χ1v) is 7.21. The SMILES string of the molecule is CC(C)C(N)C(=O)NCC(=O)N[C@@H](CO)C(=O)N[C@@H](CO)C(=O)O. The largest absolute Gasteiger partial charge is 0.480 e. The highest BCUT2D eigenvalue weighted by Crippen LogP contribution is 1.97. The fourth-order valence-corrected chi connectivity index (χ4v) is 1.49. The summed E-state index contributed by atoms with van der Waals surface area (Å²) in [5, 5.41) is 33.0. The number of carbonyl (C=O) groups excluding carboxylic acids is 3. The van der Waals surface area contributed by atoms with Crippen LogP contribution in [0.25, 0.3) is 0 Å². The average molecular weight is 348 g/mol. The molecule has 0 bridgehead atoms. The van der Waals surface area contributed by atoms with Crippen LogP contribution in [0.2, 0.25) is 0 Å². The molecule has 3 atom stereocenters. The van der Waals surface area contributed by atoms with E-state index in [2.05, 4.69) is 10.6 Å². The third-order valence-corrected chi connectivity index (χ3v) is 3.08. The van der Waals surface area contributed by atoms with Crippen molar-refractivity contribution in [3.63, 3.8) is 0 Å². The molecular formula is C13H24N4O7. The predicted octanol–water partition coefficient (Wildman–Crippen LogP) is -3.88. The van der Waals surface area contributed by atoms with E-state index in [1.807, 2.05) is 5.32 Å².